The highest BCUT2D eigenvalue weighted by molar-refractivity contribution is 5.94. The summed E-state index contributed by atoms with van der Waals surface area (Å²) in [4.78, 5) is 15.4. The van der Waals surface area contributed by atoms with Gasteiger partial charge in [0, 0.05) is 12.1 Å². The van der Waals surface area contributed by atoms with Crippen LogP contribution in [0.4, 0.5) is 0 Å². The summed E-state index contributed by atoms with van der Waals surface area (Å²) < 4.78 is 13.5. The summed E-state index contributed by atoms with van der Waals surface area (Å²) in [5.74, 6) is 2.63. The van der Waals surface area contributed by atoms with Crippen molar-refractivity contribution in [1.29, 1.82) is 0 Å². The van der Waals surface area contributed by atoms with Gasteiger partial charge in [0.1, 0.15) is 11.5 Å². The van der Waals surface area contributed by atoms with Crippen molar-refractivity contribution >= 4 is 5.91 Å². The van der Waals surface area contributed by atoms with E-state index in [1.807, 2.05) is 101 Å². The molecule has 35 heavy (non-hydrogen) atoms. The summed E-state index contributed by atoms with van der Waals surface area (Å²) >= 11 is 0. The van der Waals surface area contributed by atoms with Crippen LogP contribution in [-0.2, 0) is 6.54 Å². The maximum atomic E-state index is 13.5. The highest BCUT2D eigenvalue weighted by Crippen LogP contribution is 2.35. The number of rotatable bonds is 9. The topological polar surface area (TPSA) is 56.6 Å². The van der Waals surface area contributed by atoms with Crippen LogP contribution in [0.15, 0.2) is 84.9 Å². The van der Waals surface area contributed by atoms with Gasteiger partial charge in [-0.1, -0.05) is 36.4 Å². The number of aromatic nitrogens is 2. The number of hydrogen-bond donors (Lipinski definition) is 0. The molecule has 1 saturated carbocycles. The maximum absolute atomic E-state index is 13.5. The van der Waals surface area contributed by atoms with Crippen LogP contribution in [-0.4, -0.2) is 34.2 Å². The quantitative estimate of drug-likeness (QED) is 0.301. The van der Waals surface area contributed by atoms with E-state index >= 15 is 0 Å². The third-order valence-electron chi connectivity index (χ3n) is 6.24. The lowest BCUT2D eigenvalue weighted by atomic mass is 10.1. The Hall–Kier alpha value is -4.06. The number of para-hydroxylation sites is 1. The molecule has 1 amide bonds. The first-order valence-electron chi connectivity index (χ1n) is 11.9. The molecule has 5 rings (SSSR count). The second-order valence-corrected chi connectivity index (χ2v) is 8.89. The number of hydrogen-bond acceptors (Lipinski definition) is 4. The fourth-order valence-corrected chi connectivity index (χ4v) is 4.11. The molecule has 4 aromatic rings. The van der Waals surface area contributed by atoms with Crippen molar-refractivity contribution in [3.05, 3.63) is 102 Å². The van der Waals surface area contributed by atoms with Gasteiger partial charge >= 0.3 is 0 Å². The molecule has 0 N–H and O–H groups in total. The molecule has 3 aromatic carbocycles. The Labute approximate surface area is 205 Å². The van der Waals surface area contributed by atoms with Crippen molar-refractivity contribution in [1.82, 2.24) is 14.7 Å². The van der Waals surface area contributed by atoms with E-state index in [-0.39, 0.29) is 5.91 Å². The van der Waals surface area contributed by atoms with E-state index in [0.717, 1.165) is 42.1 Å². The molecule has 0 spiro atoms. The van der Waals surface area contributed by atoms with E-state index in [9.17, 15) is 4.79 Å². The minimum absolute atomic E-state index is 0.0276. The molecular weight excluding hydrogens is 438 g/mol. The van der Waals surface area contributed by atoms with E-state index in [1.54, 1.807) is 7.11 Å². The second kappa shape index (κ2) is 10.1. The zero-order valence-corrected chi connectivity index (χ0v) is 20.1. The molecule has 1 aliphatic carbocycles. The van der Waals surface area contributed by atoms with Gasteiger partial charge in [-0.15, -0.1) is 0 Å². The Balaban J connectivity index is 1.53. The first-order chi connectivity index (χ1) is 17.1. The molecule has 0 atom stereocenters. The monoisotopic (exact) mass is 467 g/mol. The van der Waals surface area contributed by atoms with Gasteiger partial charge in [-0.2, -0.15) is 5.10 Å². The molecule has 0 unspecified atom stereocenters. The lowest BCUT2D eigenvalue weighted by molar-refractivity contribution is 0.0733. The maximum Gasteiger partial charge on any atom is 0.254 e. The fourth-order valence-electron chi connectivity index (χ4n) is 4.11. The number of methoxy groups -OCH3 is 1. The minimum atomic E-state index is 0.0276. The number of amides is 1. The van der Waals surface area contributed by atoms with Gasteiger partial charge in [-0.25, -0.2) is 4.68 Å². The van der Waals surface area contributed by atoms with E-state index in [1.165, 1.54) is 0 Å². The van der Waals surface area contributed by atoms with Crippen molar-refractivity contribution < 1.29 is 14.3 Å². The Kier molecular flexibility index (Phi) is 6.53. The molecule has 1 aromatic heterocycles. The van der Waals surface area contributed by atoms with Crippen LogP contribution in [0.25, 0.3) is 5.69 Å². The third-order valence-corrected chi connectivity index (χ3v) is 6.24. The van der Waals surface area contributed by atoms with Gasteiger partial charge < -0.3 is 14.4 Å². The molecule has 6 heteroatoms. The Morgan fingerprint density at radius 2 is 1.57 bits per heavy atom. The SMILES string of the molecule is COc1ccc(Oc2c(CN(CC3CC3)C(=O)c3ccccc3)c(C)nn2-c2ccccc2)cc1. The molecule has 6 nitrogen and oxygen atoms in total. The Morgan fingerprint density at radius 3 is 2.20 bits per heavy atom. The van der Waals surface area contributed by atoms with Crippen molar-refractivity contribution in [2.24, 2.45) is 5.92 Å². The van der Waals surface area contributed by atoms with Crippen molar-refractivity contribution in [3.8, 4) is 23.1 Å². The van der Waals surface area contributed by atoms with Crippen molar-refractivity contribution in [3.63, 3.8) is 0 Å². The van der Waals surface area contributed by atoms with Crippen molar-refractivity contribution in [2.45, 2.75) is 26.3 Å². The van der Waals surface area contributed by atoms with Gasteiger partial charge in [0.15, 0.2) is 0 Å². The van der Waals surface area contributed by atoms with E-state index < -0.39 is 0 Å². The molecule has 1 aliphatic rings. The summed E-state index contributed by atoms with van der Waals surface area (Å²) in [6, 6.07) is 26.9. The van der Waals surface area contributed by atoms with Gasteiger partial charge in [0.25, 0.3) is 5.91 Å². The molecule has 178 valence electrons. The van der Waals surface area contributed by atoms with Crippen molar-refractivity contribution in [2.75, 3.05) is 13.7 Å². The molecular formula is C29H29N3O3. The zero-order valence-electron chi connectivity index (χ0n) is 20.1. The van der Waals surface area contributed by atoms with Gasteiger partial charge in [0.2, 0.25) is 5.88 Å². The first kappa shape index (κ1) is 22.7. The largest absolute Gasteiger partial charge is 0.497 e. The number of aryl methyl sites for hydroxylation is 1. The lowest BCUT2D eigenvalue weighted by Crippen LogP contribution is -2.32. The van der Waals surface area contributed by atoms with Gasteiger partial charge in [0.05, 0.1) is 30.6 Å². The number of carbonyl (C=O) groups is 1. The minimum Gasteiger partial charge on any atom is -0.497 e. The third kappa shape index (κ3) is 5.22. The van der Waals surface area contributed by atoms with Crippen LogP contribution in [0.1, 0.15) is 34.5 Å². The van der Waals surface area contributed by atoms with E-state index in [0.29, 0.717) is 29.7 Å². The summed E-state index contributed by atoms with van der Waals surface area (Å²) in [5.41, 5.74) is 3.32. The van der Waals surface area contributed by atoms with Crippen LogP contribution < -0.4 is 9.47 Å². The van der Waals surface area contributed by atoms with E-state index in [2.05, 4.69) is 0 Å². The number of carbonyl (C=O) groups excluding carboxylic acids is 1. The summed E-state index contributed by atoms with van der Waals surface area (Å²) in [6.07, 6.45) is 2.33. The van der Waals surface area contributed by atoms with E-state index in [4.69, 9.17) is 14.6 Å². The summed E-state index contributed by atoms with van der Waals surface area (Å²) in [7, 11) is 1.64. The number of ether oxygens (including phenoxy) is 2. The zero-order chi connectivity index (χ0) is 24.2. The first-order valence-corrected chi connectivity index (χ1v) is 11.9. The number of benzene rings is 3. The lowest BCUT2D eigenvalue weighted by Gasteiger charge is -2.23. The van der Waals surface area contributed by atoms with Crippen LogP contribution in [0, 0.1) is 12.8 Å². The second-order valence-electron chi connectivity index (χ2n) is 8.89. The molecule has 1 fully saturated rings. The summed E-state index contributed by atoms with van der Waals surface area (Å²) in [6.45, 7) is 3.12. The standard InChI is InChI=1S/C29H29N3O3/c1-21-27(20-31(19-22-13-14-22)28(33)23-9-5-3-6-10-23)29(32(30-21)24-11-7-4-8-12-24)35-26-17-15-25(34-2)16-18-26/h3-12,15-18,22H,13-14,19-20H2,1-2H3. The predicted octanol–water partition coefficient (Wildman–Crippen LogP) is 6.03. The Bertz CT molecular complexity index is 1280. The van der Waals surface area contributed by atoms with Crippen LogP contribution >= 0.6 is 0 Å². The smallest absolute Gasteiger partial charge is 0.254 e. The Morgan fingerprint density at radius 1 is 0.943 bits per heavy atom. The molecule has 0 radical (unpaired) electrons. The molecule has 0 aliphatic heterocycles. The summed E-state index contributed by atoms with van der Waals surface area (Å²) in [5, 5.41) is 4.82. The normalized spacial score (nSPS) is 12.9. The highest BCUT2D eigenvalue weighted by atomic mass is 16.5. The average Bonchev–Trinajstić information content (AvgIpc) is 3.68. The molecule has 1 heterocycles. The molecule has 0 saturated heterocycles. The average molecular weight is 468 g/mol. The highest BCUT2D eigenvalue weighted by Gasteiger charge is 2.30. The van der Waals surface area contributed by atoms with Crippen LogP contribution in [0.2, 0.25) is 0 Å². The molecule has 0 bridgehead atoms. The number of nitrogens with zero attached hydrogens (tertiary/aromatic N) is 3. The van der Waals surface area contributed by atoms with Gasteiger partial charge in [-0.05, 0) is 74.2 Å². The fraction of sp³-hybridized carbons (Fsp3) is 0.241. The van der Waals surface area contributed by atoms with Gasteiger partial charge in [-0.3, -0.25) is 4.79 Å². The van der Waals surface area contributed by atoms with Crippen LogP contribution in [0.5, 0.6) is 17.4 Å². The van der Waals surface area contributed by atoms with Crippen LogP contribution in [0.3, 0.4) is 0 Å². The predicted molar refractivity (Wildman–Crippen MR) is 135 cm³/mol.